The van der Waals surface area contributed by atoms with Crippen LogP contribution in [0.3, 0.4) is 0 Å². The van der Waals surface area contributed by atoms with E-state index in [0.717, 1.165) is 13.1 Å². The third-order valence-corrected chi connectivity index (χ3v) is 3.53. The van der Waals surface area contributed by atoms with E-state index < -0.39 is 5.60 Å². The number of amides is 1. The van der Waals surface area contributed by atoms with Gasteiger partial charge < -0.3 is 9.64 Å². The van der Waals surface area contributed by atoms with Crippen LogP contribution in [0.5, 0.6) is 0 Å². The van der Waals surface area contributed by atoms with Gasteiger partial charge in [-0.3, -0.25) is 9.88 Å². The first-order chi connectivity index (χ1) is 9.85. The summed E-state index contributed by atoms with van der Waals surface area (Å²) in [7, 11) is 0. The molecule has 1 aromatic heterocycles. The van der Waals surface area contributed by atoms with Crippen molar-refractivity contribution in [3.63, 3.8) is 0 Å². The van der Waals surface area contributed by atoms with Crippen LogP contribution in [-0.4, -0.2) is 52.2 Å². The first-order valence-corrected chi connectivity index (χ1v) is 7.46. The van der Waals surface area contributed by atoms with Gasteiger partial charge >= 0.3 is 6.09 Å². The minimum atomic E-state index is -0.437. The Labute approximate surface area is 126 Å². The number of aromatic nitrogens is 1. The fourth-order valence-electron chi connectivity index (χ4n) is 2.45. The summed E-state index contributed by atoms with van der Waals surface area (Å²) < 4.78 is 5.44. The lowest BCUT2D eigenvalue weighted by atomic mass is 10.1. The molecule has 0 bridgehead atoms. The minimum absolute atomic E-state index is 0.213. The molecular weight excluding hydrogens is 266 g/mol. The summed E-state index contributed by atoms with van der Waals surface area (Å²) in [5.74, 6) is 0. The van der Waals surface area contributed by atoms with Crippen LogP contribution < -0.4 is 0 Å². The van der Waals surface area contributed by atoms with E-state index in [0.29, 0.717) is 19.1 Å². The van der Waals surface area contributed by atoms with Gasteiger partial charge in [-0.15, -0.1) is 0 Å². The van der Waals surface area contributed by atoms with Crippen LogP contribution in [0.2, 0.25) is 0 Å². The van der Waals surface area contributed by atoms with Crippen molar-refractivity contribution in [3.8, 4) is 0 Å². The summed E-state index contributed by atoms with van der Waals surface area (Å²) in [5.41, 5.74) is 0.766. The number of carbonyl (C=O) groups excluding carboxylic acids is 1. The highest BCUT2D eigenvalue weighted by atomic mass is 16.6. The SMILES string of the molecule is CC1CN(C(=O)OC(C)(C)C)CCN1Cc1cccnc1. The van der Waals surface area contributed by atoms with Crippen molar-refractivity contribution in [2.75, 3.05) is 19.6 Å². The molecule has 116 valence electrons. The molecule has 0 radical (unpaired) electrons. The molecule has 1 aromatic rings. The van der Waals surface area contributed by atoms with Crippen molar-refractivity contribution in [2.45, 2.75) is 45.9 Å². The zero-order valence-corrected chi connectivity index (χ0v) is 13.4. The Hall–Kier alpha value is -1.62. The van der Waals surface area contributed by atoms with Crippen LogP contribution in [0.15, 0.2) is 24.5 Å². The molecule has 1 saturated heterocycles. The maximum Gasteiger partial charge on any atom is 0.410 e. The second-order valence-electron chi connectivity index (χ2n) is 6.61. The molecule has 1 atom stereocenters. The average molecular weight is 291 g/mol. The predicted octanol–water partition coefficient (Wildman–Crippen LogP) is 2.52. The quantitative estimate of drug-likeness (QED) is 0.840. The van der Waals surface area contributed by atoms with Gasteiger partial charge in [0, 0.05) is 44.6 Å². The standard InChI is InChI=1S/C16H25N3O2/c1-13-11-19(15(20)21-16(2,3)4)9-8-18(13)12-14-6-5-7-17-10-14/h5-7,10,13H,8-9,11-12H2,1-4H3. The van der Waals surface area contributed by atoms with E-state index in [4.69, 9.17) is 4.74 Å². The van der Waals surface area contributed by atoms with E-state index in [2.05, 4.69) is 22.9 Å². The Bertz CT molecular complexity index is 470. The number of hydrogen-bond acceptors (Lipinski definition) is 4. The van der Waals surface area contributed by atoms with Crippen LogP contribution >= 0.6 is 0 Å². The summed E-state index contributed by atoms with van der Waals surface area (Å²) in [6.45, 7) is 11.0. The number of ether oxygens (including phenoxy) is 1. The summed E-state index contributed by atoms with van der Waals surface area (Å²) in [6, 6.07) is 4.35. The molecule has 1 aliphatic heterocycles. The second-order valence-corrected chi connectivity index (χ2v) is 6.61. The largest absolute Gasteiger partial charge is 0.444 e. The smallest absolute Gasteiger partial charge is 0.410 e. The van der Waals surface area contributed by atoms with Crippen molar-refractivity contribution in [2.24, 2.45) is 0 Å². The molecule has 5 nitrogen and oxygen atoms in total. The molecule has 0 aliphatic carbocycles. The zero-order chi connectivity index (χ0) is 15.5. The first-order valence-electron chi connectivity index (χ1n) is 7.46. The third kappa shape index (κ3) is 4.70. The van der Waals surface area contributed by atoms with Crippen molar-refractivity contribution in [3.05, 3.63) is 30.1 Å². The number of piperazine rings is 1. The van der Waals surface area contributed by atoms with Gasteiger partial charge in [-0.1, -0.05) is 6.07 Å². The van der Waals surface area contributed by atoms with E-state index in [1.165, 1.54) is 5.56 Å². The van der Waals surface area contributed by atoms with Gasteiger partial charge in [0.2, 0.25) is 0 Å². The Balaban J connectivity index is 1.89. The molecule has 0 saturated carbocycles. The summed E-state index contributed by atoms with van der Waals surface area (Å²) >= 11 is 0. The molecule has 5 heteroatoms. The molecule has 1 fully saturated rings. The van der Waals surface area contributed by atoms with Crippen LogP contribution in [0, 0.1) is 0 Å². The highest BCUT2D eigenvalue weighted by molar-refractivity contribution is 5.68. The van der Waals surface area contributed by atoms with Crippen molar-refractivity contribution >= 4 is 6.09 Å². The highest BCUT2D eigenvalue weighted by Gasteiger charge is 2.29. The molecule has 2 rings (SSSR count). The molecule has 0 N–H and O–H groups in total. The second kappa shape index (κ2) is 6.43. The first kappa shape index (κ1) is 15.8. The van der Waals surface area contributed by atoms with Crippen LogP contribution in [0.4, 0.5) is 4.79 Å². The molecule has 0 aromatic carbocycles. The predicted molar refractivity (Wildman–Crippen MR) is 81.9 cm³/mol. The van der Waals surface area contributed by atoms with Gasteiger partial charge in [-0.05, 0) is 39.3 Å². The highest BCUT2D eigenvalue weighted by Crippen LogP contribution is 2.16. The maximum absolute atomic E-state index is 12.1. The fourth-order valence-corrected chi connectivity index (χ4v) is 2.45. The topological polar surface area (TPSA) is 45.7 Å². The molecule has 21 heavy (non-hydrogen) atoms. The van der Waals surface area contributed by atoms with Gasteiger partial charge in [0.25, 0.3) is 0 Å². The van der Waals surface area contributed by atoms with E-state index >= 15 is 0 Å². The van der Waals surface area contributed by atoms with Crippen LogP contribution in [0.1, 0.15) is 33.3 Å². The maximum atomic E-state index is 12.1. The van der Waals surface area contributed by atoms with Gasteiger partial charge in [-0.25, -0.2) is 4.79 Å². The van der Waals surface area contributed by atoms with Crippen molar-refractivity contribution < 1.29 is 9.53 Å². The number of carbonyl (C=O) groups is 1. The molecule has 1 unspecified atom stereocenters. The van der Waals surface area contributed by atoms with Crippen molar-refractivity contribution in [1.29, 1.82) is 0 Å². The van der Waals surface area contributed by atoms with E-state index in [9.17, 15) is 4.79 Å². The third-order valence-electron chi connectivity index (χ3n) is 3.53. The van der Waals surface area contributed by atoms with E-state index in [1.54, 1.807) is 11.1 Å². The Morgan fingerprint density at radius 2 is 2.19 bits per heavy atom. The lowest BCUT2D eigenvalue weighted by molar-refractivity contribution is 0.00460. The fraction of sp³-hybridized carbons (Fsp3) is 0.625. The number of pyridine rings is 1. The Morgan fingerprint density at radius 3 is 2.76 bits per heavy atom. The lowest BCUT2D eigenvalue weighted by Gasteiger charge is -2.40. The van der Waals surface area contributed by atoms with Crippen molar-refractivity contribution in [1.82, 2.24) is 14.8 Å². The zero-order valence-electron chi connectivity index (χ0n) is 13.4. The van der Waals surface area contributed by atoms with Gasteiger partial charge in [-0.2, -0.15) is 0 Å². The molecule has 2 heterocycles. The van der Waals surface area contributed by atoms with Crippen LogP contribution in [0.25, 0.3) is 0 Å². The minimum Gasteiger partial charge on any atom is -0.444 e. The molecule has 1 aliphatic rings. The lowest BCUT2D eigenvalue weighted by Crippen LogP contribution is -2.54. The van der Waals surface area contributed by atoms with Gasteiger partial charge in [0.15, 0.2) is 0 Å². The average Bonchev–Trinajstić information content (AvgIpc) is 2.40. The van der Waals surface area contributed by atoms with Gasteiger partial charge in [0.1, 0.15) is 5.60 Å². The van der Waals surface area contributed by atoms with Gasteiger partial charge in [0.05, 0.1) is 0 Å². The van der Waals surface area contributed by atoms with E-state index in [-0.39, 0.29) is 6.09 Å². The summed E-state index contributed by atoms with van der Waals surface area (Å²) in [6.07, 6.45) is 3.47. The Kier molecular flexibility index (Phi) is 4.83. The molecule has 0 spiro atoms. The monoisotopic (exact) mass is 291 g/mol. The number of rotatable bonds is 2. The summed E-state index contributed by atoms with van der Waals surface area (Å²) in [5, 5.41) is 0. The number of hydrogen-bond donors (Lipinski definition) is 0. The normalized spacial score (nSPS) is 20.4. The van der Waals surface area contributed by atoms with Crippen LogP contribution in [-0.2, 0) is 11.3 Å². The molecule has 1 amide bonds. The number of nitrogens with zero attached hydrogens (tertiary/aromatic N) is 3. The molecular formula is C16H25N3O2. The summed E-state index contributed by atoms with van der Waals surface area (Å²) in [4.78, 5) is 20.4. The van der Waals surface area contributed by atoms with E-state index in [1.807, 2.05) is 33.0 Å². The Morgan fingerprint density at radius 1 is 1.43 bits per heavy atom.